The van der Waals surface area contributed by atoms with E-state index in [1.165, 1.54) is 41.0 Å². The zero-order valence-corrected chi connectivity index (χ0v) is 19.0. The lowest BCUT2D eigenvalue weighted by atomic mass is 10.2. The molecule has 4 rings (SSSR count). The maximum atomic E-state index is 14.2. The van der Waals surface area contributed by atoms with Crippen molar-refractivity contribution < 1.29 is 18.3 Å². The minimum atomic E-state index is -0.487. The molecule has 0 fully saturated rings. The van der Waals surface area contributed by atoms with Gasteiger partial charge in [0.2, 0.25) is 5.91 Å². The standard InChI is InChI=1S/C22H19FN4O3S2/c1-3-29-19-11-7-4-8-16(19)20-25-26-22(30-20)32-13-15-12-31-21(24-15)27(14(2)28)18-10-6-5-9-17(18)23/h4-12H,3,13H2,1-2H3. The van der Waals surface area contributed by atoms with Gasteiger partial charge in [0.05, 0.1) is 23.6 Å². The zero-order valence-electron chi connectivity index (χ0n) is 17.3. The summed E-state index contributed by atoms with van der Waals surface area (Å²) in [6.45, 7) is 3.82. The Morgan fingerprint density at radius 3 is 2.75 bits per heavy atom. The van der Waals surface area contributed by atoms with E-state index in [1.807, 2.05) is 36.6 Å². The van der Waals surface area contributed by atoms with Crippen LogP contribution in [0, 0.1) is 5.82 Å². The van der Waals surface area contributed by atoms with Crippen LogP contribution >= 0.6 is 23.1 Å². The molecular formula is C22H19FN4O3S2. The molecule has 0 saturated carbocycles. The number of ether oxygens (including phenoxy) is 1. The molecule has 0 N–H and O–H groups in total. The first kappa shape index (κ1) is 22.0. The van der Waals surface area contributed by atoms with Crippen LogP contribution in [0.25, 0.3) is 11.5 Å². The predicted molar refractivity (Wildman–Crippen MR) is 122 cm³/mol. The molecule has 7 nitrogen and oxygen atoms in total. The van der Waals surface area contributed by atoms with E-state index >= 15 is 0 Å². The lowest BCUT2D eigenvalue weighted by molar-refractivity contribution is -0.115. The van der Waals surface area contributed by atoms with Gasteiger partial charge in [0.15, 0.2) is 5.13 Å². The summed E-state index contributed by atoms with van der Waals surface area (Å²) in [7, 11) is 0. The average molecular weight is 471 g/mol. The fraction of sp³-hybridized carbons (Fsp3) is 0.182. The van der Waals surface area contributed by atoms with Gasteiger partial charge in [0.25, 0.3) is 11.1 Å². The molecule has 0 spiro atoms. The smallest absolute Gasteiger partial charge is 0.277 e. The second-order valence-electron chi connectivity index (χ2n) is 6.52. The van der Waals surface area contributed by atoms with E-state index in [0.717, 1.165) is 5.56 Å². The van der Waals surface area contributed by atoms with Crippen molar-refractivity contribution in [3.8, 4) is 17.2 Å². The molecule has 32 heavy (non-hydrogen) atoms. The fourth-order valence-corrected chi connectivity index (χ4v) is 4.58. The Morgan fingerprint density at radius 2 is 1.97 bits per heavy atom. The van der Waals surface area contributed by atoms with Crippen LogP contribution in [0.4, 0.5) is 15.2 Å². The van der Waals surface area contributed by atoms with Crippen LogP contribution in [0.15, 0.2) is 63.6 Å². The molecular weight excluding hydrogens is 451 g/mol. The van der Waals surface area contributed by atoms with Gasteiger partial charge in [-0.3, -0.25) is 9.69 Å². The van der Waals surface area contributed by atoms with Crippen molar-refractivity contribution in [2.45, 2.75) is 24.8 Å². The molecule has 1 amide bonds. The first-order chi connectivity index (χ1) is 15.6. The number of halogens is 1. The highest BCUT2D eigenvalue weighted by molar-refractivity contribution is 7.98. The maximum Gasteiger partial charge on any atom is 0.277 e. The van der Waals surface area contributed by atoms with Gasteiger partial charge in [-0.15, -0.1) is 21.5 Å². The van der Waals surface area contributed by atoms with Crippen LogP contribution in [0.5, 0.6) is 5.75 Å². The largest absolute Gasteiger partial charge is 0.493 e. The quantitative estimate of drug-likeness (QED) is 0.305. The molecule has 2 aromatic carbocycles. The van der Waals surface area contributed by atoms with Crippen molar-refractivity contribution in [2.24, 2.45) is 0 Å². The summed E-state index contributed by atoms with van der Waals surface area (Å²) in [4.78, 5) is 17.9. The van der Waals surface area contributed by atoms with Crippen molar-refractivity contribution in [3.05, 3.63) is 65.4 Å². The predicted octanol–water partition coefficient (Wildman–Crippen LogP) is 5.71. The van der Waals surface area contributed by atoms with Gasteiger partial charge in [0, 0.05) is 18.1 Å². The number of para-hydroxylation sites is 2. The SMILES string of the molecule is CCOc1ccccc1-c1nnc(SCc2csc(N(C(C)=O)c3ccccc3F)n2)o1. The van der Waals surface area contributed by atoms with Crippen LogP contribution < -0.4 is 9.64 Å². The van der Waals surface area contributed by atoms with E-state index in [0.29, 0.717) is 40.0 Å². The fourth-order valence-electron chi connectivity index (χ4n) is 2.94. The normalized spacial score (nSPS) is 10.8. The van der Waals surface area contributed by atoms with Gasteiger partial charge < -0.3 is 9.15 Å². The third-order valence-corrected chi connectivity index (χ3v) is 6.03. The van der Waals surface area contributed by atoms with E-state index in [2.05, 4.69) is 15.2 Å². The van der Waals surface area contributed by atoms with Gasteiger partial charge in [0.1, 0.15) is 11.6 Å². The minimum Gasteiger partial charge on any atom is -0.493 e. The van der Waals surface area contributed by atoms with Crippen LogP contribution in [-0.2, 0) is 10.5 Å². The molecule has 0 atom stereocenters. The highest BCUT2D eigenvalue weighted by Gasteiger charge is 2.21. The van der Waals surface area contributed by atoms with Gasteiger partial charge in [-0.2, -0.15) is 0 Å². The number of amides is 1. The molecule has 0 bridgehead atoms. The highest BCUT2D eigenvalue weighted by atomic mass is 32.2. The van der Waals surface area contributed by atoms with Crippen molar-refractivity contribution in [3.63, 3.8) is 0 Å². The topological polar surface area (TPSA) is 81.4 Å². The molecule has 164 valence electrons. The van der Waals surface area contributed by atoms with Gasteiger partial charge >= 0.3 is 0 Å². The Balaban J connectivity index is 1.47. The molecule has 0 aliphatic carbocycles. The number of anilines is 2. The first-order valence-corrected chi connectivity index (χ1v) is 11.6. The Bertz CT molecular complexity index is 1230. The zero-order chi connectivity index (χ0) is 22.5. The number of rotatable bonds is 8. The second-order valence-corrected chi connectivity index (χ2v) is 8.28. The molecule has 10 heteroatoms. The summed E-state index contributed by atoms with van der Waals surface area (Å²) in [5, 5.41) is 10.8. The number of hydrogen-bond donors (Lipinski definition) is 0. The molecule has 2 aromatic heterocycles. The third-order valence-electron chi connectivity index (χ3n) is 4.31. The molecule has 0 radical (unpaired) electrons. The minimum absolute atomic E-state index is 0.169. The summed E-state index contributed by atoms with van der Waals surface area (Å²) in [5.41, 5.74) is 1.61. The molecule has 0 aliphatic rings. The molecule has 2 heterocycles. The Labute approximate surface area is 192 Å². The number of benzene rings is 2. The number of carbonyl (C=O) groups excluding carboxylic acids is 1. The summed E-state index contributed by atoms with van der Waals surface area (Å²) in [5.74, 6) is 0.696. The van der Waals surface area contributed by atoms with Crippen molar-refractivity contribution in [1.82, 2.24) is 15.2 Å². The maximum absolute atomic E-state index is 14.2. The average Bonchev–Trinajstić information content (AvgIpc) is 3.44. The Kier molecular flexibility index (Phi) is 6.81. The number of hydrogen-bond acceptors (Lipinski definition) is 8. The third kappa shape index (κ3) is 4.81. The second kappa shape index (κ2) is 9.92. The van der Waals surface area contributed by atoms with Crippen LogP contribution in [0.1, 0.15) is 19.5 Å². The highest BCUT2D eigenvalue weighted by Crippen LogP contribution is 2.34. The number of aromatic nitrogens is 3. The van der Waals surface area contributed by atoms with E-state index < -0.39 is 5.82 Å². The van der Waals surface area contributed by atoms with Crippen LogP contribution in [-0.4, -0.2) is 27.7 Å². The Morgan fingerprint density at radius 1 is 1.19 bits per heavy atom. The molecule has 0 aliphatic heterocycles. The number of thiazole rings is 1. The lowest BCUT2D eigenvalue weighted by Gasteiger charge is -2.18. The van der Waals surface area contributed by atoms with Crippen molar-refractivity contribution in [2.75, 3.05) is 11.5 Å². The summed E-state index contributed by atoms with van der Waals surface area (Å²) < 4.78 is 25.6. The number of carbonyl (C=O) groups is 1. The Hall–Kier alpha value is -3.24. The summed E-state index contributed by atoms with van der Waals surface area (Å²) >= 11 is 2.59. The van der Waals surface area contributed by atoms with Crippen LogP contribution in [0.3, 0.4) is 0 Å². The van der Waals surface area contributed by atoms with E-state index in [9.17, 15) is 9.18 Å². The number of thioether (sulfide) groups is 1. The number of nitrogens with zero attached hydrogens (tertiary/aromatic N) is 4. The van der Waals surface area contributed by atoms with Gasteiger partial charge in [-0.25, -0.2) is 9.37 Å². The van der Waals surface area contributed by atoms with E-state index in [-0.39, 0.29) is 11.6 Å². The lowest BCUT2D eigenvalue weighted by Crippen LogP contribution is -2.23. The first-order valence-electron chi connectivity index (χ1n) is 9.75. The molecule has 0 unspecified atom stereocenters. The molecule has 4 aromatic rings. The van der Waals surface area contributed by atoms with E-state index in [4.69, 9.17) is 9.15 Å². The van der Waals surface area contributed by atoms with Crippen LogP contribution in [0.2, 0.25) is 0 Å². The van der Waals surface area contributed by atoms with Gasteiger partial charge in [-0.1, -0.05) is 36.0 Å². The van der Waals surface area contributed by atoms with Gasteiger partial charge in [-0.05, 0) is 31.2 Å². The molecule has 0 saturated heterocycles. The van der Waals surface area contributed by atoms with E-state index in [1.54, 1.807) is 18.2 Å². The monoisotopic (exact) mass is 470 g/mol. The van der Waals surface area contributed by atoms with Crippen molar-refractivity contribution >= 4 is 39.8 Å². The van der Waals surface area contributed by atoms with Crippen molar-refractivity contribution in [1.29, 1.82) is 0 Å². The summed E-state index contributed by atoms with van der Waals surface area (Å²) in [6, 6.07) is 13.6. The summed E-state index contributed by atoms with van der Waals surface area (Å²) in [6.07, 6.45) is 0.